The average Bonchev–Trinajstić information content (AvgIpc) is 3.21. The Morgan fingerprint density at radius 2 is 1.90 bits per heavy atom. The van der Waals surface area contributed by atoms with Gasteiger partial charge in [-0.25, -0.2) is 4.98 Å². The van der Waals surface area contributed by atoms with E-state index in [9.17, 15) is 0 Å². The van der Waals surface area contributed by atoms with E-state index in [0.29, 0.717) is 6.04 Å². The Hall–Kier alpha value is -1.35. The summed E-state index contributed by atoms with van der Waals surface area (Å²) in [4.78, 5) is 4.90. The second kappa shape index (κ2) is 4.59. The summed E-state index contributed by atoms with van der Waals surface area (Å²) in [5.74, 6) is 1.22. The lowest BCUT2D eigenvalue weighted by atomic mass is 9.80. The average molecular weight is 269 g/mol. The highest BCUT2D eigenvalue weighted by Crippen LogP contribution is 2.40. The van der Waals surface area contributed by atoms with Crippen molar-refractivity contribution in [2.75, 3.05) is 0 Å². The SMILES string of the molecule is NC1(Cc2nc3ccccc3n2C2CC2)CCCCC1. The molecule has 2 aromatic rings. The van der Waals surface area contributed by atoms with Gasteiger partial charge in [0, 0.05) is 18.0 Å². The molecule has 0 saturated heterocycles. The normalized spacial score (nSPS) is 22.2. The van der Waals surface area contributed by atoms with Gasteiger partial charge in [0.25, 0.3) is 0 Å². The fraction of sp³-hybridized carbons (Fsp3) is 0.588. The van der Waals surface area contributed by atoms with Gasteiger partial charge in [-0.15, -0.1) is 0 Å². The van der Waals surface area contributed by atoms with E-state index < -0.39 is 0 Å². The van der Waals surface area contributed by atoms with Crippen molar-refractivity contribution in [3.05, 3.63) is 30.1 Å². The molecule has 106 valence electrons. The van der Waals surface area contributed by atoms with Gasteiger partial charge in [-0.2, -0.15) is 0 Å². The first-order valence-corrected chi connectivity index (χ1v) is 8.00. The molecule has 4 rings (SSSR count). The third-order valence-electron chi connectivity index (χ3n) is 4.94. The number of hydrogen-bond donors (Lipinski definition) is 1. The van der Waals surface area contributed by atoms with Crippen LogP contribution in [-0.2, 0) is 6.42 Å². The Morgan fingerprint density at radius 1 is 1.15 bits per heavy atom. The summed E-state index contributed by atoms with van der Waals surface area (Å²) in [6.45, 7) is 0. The Kier molecular flexibility index (Phi) is 2.84. The van der Waals surface area contributed by atoms with Crippen LogP contribution in [0.3, 0.4) is 0 Å². The highest BCUT2D eigenvalue weighted by molar-refractivity contribution is 5.76. The summed E-state index contributed by atoms with van der Waals surface area (Å²) in [6.07, 6.45) is 9.74. The summed E-state index contributed by atoms with van der Waals surface area (Å²) in [6, 6.07) is 9.20. The van der Waals surface area contributed by atoms with E-state index >= 15 is 0 Å². The van der Waals surface area contributed by atoms with Crippen molar-refractivity contribution in [1.82, 2.24) is 9.55 Å². The van der Waals surface area contributed by atoms with Crippen molar-refractivity contribution in [2.24, 2.45) is 5.73 Å². The maximum Gasteiger partial charge on any atom is 0.111 e. The highest BCUT2D eigenvalue weighted by atomic mass is 15.1. The van der Waals surface area contributed by atoms with Crippen LogP contribution in [0.25, 0.3) is 11.0 Å². The first-order chi connectivity index (χ1) is 9.75. The Bertz CT molecular complexity index is 618. The van der Waals surface area contributed by atoms with Crippen LogP contribution in [0.4, 0.5) is 0 Å². The van der Waals surface area contributed by atoms with Crippen molar-refractivity contribution >= 4 is 11.0 Å². The fourth-order valence-corrected chi connectivity index (χ4v) is 3.71. The van der Waals surface area contributed by atoms with E-state index in [1.54, 1.807) is 0 Å². The van der Waals surface area contributed by atoms with Gasteiger partial charge < -0.3 is 10.3 Å². The summed E-state index contributed by atoms with van der Waals surface area (Å²) in [7, 11) is 0. The van der Waals surface area contributed by atoms with Gasteiger partial charge in [0.05, 0.1) is 11.0 Å². The van der Waals surface area contributed by atoms with Crippen molar-refractivity contribution in [3.63, 3.8) is 0 Å². The molecule has 0 atom stereocenters. The Balaban J connectivity index is 1.73. The molecule has 1 aromatic heterocycles. The molecule has 0 spiro atoms. The number of imidazole rings is 1. The molecule has 2 aliphatic rings. The molecule has 0 amide bonds. The summed E-state index contributed by atoms with van der Waals surface area (Å²) >= 11 is 0. The number of nitrogens with two attached hydrogens (primary N) is 1. The van der Waals surface area contributed by atoms with E-state index in [-0.39, 0.29) is 5.54 Å². The third kappa shape index (κ3) is 2.14. The van der Waals surface area contributed by atoms with Gasteiger partial charge in [0.2, 0.25) is 0 Å². The maximum atomic E-state index is 6.65. The van der Waals surface area contributed by atoms with Crippen LogP contribution in [-0.4, -0.2) is 15.1 Å². The van der Waals surface area contributed by atoms with E-state index in [0.717, 1.165) is 24.8 Å². The van der Waals surface area contributed by atoms with Crippen molar-refractivity contribution in [1.29, 1.82) is 0 Å². The van der Waals surface area contributed by atoms with Crippen LogP contribution >= 0.6 is 0 Å². The van der Waals surface area contributed by atoms with Crippen LogP contribution in [0, 0.1) is 0 Å². The first kappa shape index (κ1) is 12.4. The second-order valence-corrected chi connectivity index (χ2v) is 6.72. The zero-order valence-corrected chi connectivity index (χ0v) is 12.0. The molecule has 0 aliphatic heterocycles. The number of hydrogen-bond acceptors (Lipinski definition) is 2. The smallest absolute Gasteiger partial charge is 0.111 e. The van der Waals surface area contributed by atoms with E-state index in [4.69, 9.17) is 10.7 Å². The lowest BCUT2D eigenvalue weighted by Gasteiger charge is -2.33. The number of benzene rings is 1. The molecule has 20 heavy (non-hydrogen) atoms. The molecule has 2 saturated carbocycles. The molecule has 3 heteroatoms. The number of nitrogens with zero attached hydrogens (tertiary/aromatic N) is 2. The minimum atomic E-state index is -0.0216. The van der Waals surface area contributed by atoms with Crippen LogP contribution in [0.1, 0.15) is 56.8 Å². The second-order valence-electron chi connectivity index (χ2n) is 6.72. The fourth-order valence-electron chi connectivity index (χ4n) is 3.71. The molecule has 3 nitrogen and oxygen atoms in total. The predicted octanol–water partition coefficient (Wildman–Crippen LogP) is 3.58. The van der Waals surface area contributed by atoms with E-state index in [1.165, 1.54) is 43.4 Å². The van der Waals surface area contributed by atoms with Crippen LogP contribution in [0.5, 0.6) is 0 Å². The quantitative estimate of drug-likeness (QED) is 0.925. The first-order valence-electron chi connectivity index (χ1n) is 8.00. The standard InChI is InChI=1S/C17H23N3/c18-17(10-4-1-5-11-17)12-16-19-14-6-2-3-7-15(14)20(16)13-8-9-13/h2-3,6-7,13H,1,4-5,8-12,18H2. The molecular weight excluding hydrogens is 246 g/mol. The minimum absolute atomic E-state index is 0.0216. The summed E-state index contributed by atoms with van der Waals surface area (Å²) < 4.78 is 2.47. The molecular formula is C17H23N3. The number of para-hydroxylation sites is 2. The zero-order valence-electron chi connectivity index (χ0n) is 12.0. The van der Waals surface area contributed by atoms with Gasteiger partial charge in [0.15, 0.2) is 0 Å². The zero-order chi connectivity index (χ0) is 13.6. The van der Waals surface area contributed by atoms with Crippen LogP contribution < -0.4 is 5.73 Å². The third-order valence-corrected chi connectivity index (χ3v) is 4.94. The van der Waals surface area contributed by atoms with E-state index in [2.05, 4.69) is 28.8 Å². The van der Waals surface area contributed by atoms with Crippen molar-refractivity contribution in [2.45, 2.75) is 62.9 Å². The predicted molar refractivity (Wildman–Crippen MR) is 81.7 cm³/mol. The van der Waals surface area contributed by atoms with Gasteiger partial charge in [-0.3, -0.25) is 0 Å². The van der Waals surface area contributed by atoms with Crippen molar-refractivity contribution < 1.29 is 0 Å². The van der Waals surface area contributed by atoms with Gasteiger partial charge in [-0.1, -0.05) is 31.4 Å². The molecule has 2 fully saturated rings. The lowest BCUT2D eigenvalue weighted by molar-refractivity contribution is 0.287. The van der Waals surface area contributed by atoms with Gasteiger partial charge in [0.1, 0.15) is 5.82 Å². The molecule has 1 heterocycles. The summed E-state index contributed by atoms with van der Waals surface area (Å²) in [5, 5.41) is 0. The molecule has 0 radical (unpaired) electrons. The van der Waals surface area contributed by atoms with Gasteiger partial charge >= 0.3 is 0 Å². The maximum absolute atomic E-state index is 6.65. The Labute approximate surface area is 120 Å². The van der Waals surface area contributed by atoms with Crippen LogP contribution in [0.15, 0.2) is 24.3 Å². The monoisotopic (exact) mass is 269 g/mol. The topological polar surface area (TPSA) is 43.8 Å². The Morgan fingerprint density at radius 3 is 2.65 bits per heavy atom. The summed E-state index contributed by atoms with van der Waals surface area (Å²) in [5.41, 5.74) is 9.06. The lowest BCUT2D eigenvalue weighted by Crippen LogP contribution is -2.44. The van der Waals surface area contributed by atoms with E-state index in [1.807, 2.05) is 0 Å². The number of fused-ring (bicyclic) bond motifs is 1. The van der Waals surface area contributed by atoms with Crippen molar-refractivity contribution in [3.8, 4) is 0 Å². The number of rotatable bonds is 3. The molecule has 2 aliphatic carbocycles. The molecule has 2 N–H and O–H groups in total. The number of aromatic nitrogens is 2. The minimum Gasteiger partial charge on any atom is -0.325 e. The largest absolute Gasteiger partial charge is 0.325 e. The molecule has 1 aromatic carbocycles. The highest BCUT2D eigenvalue weighted by Gasteiger charge is 2.33. The van der Waals surface area contributed by atoms with Crippen LogP contribution in [0.2, 0.25) is 0 Å². The van der Waals surface area contributed by atoms with Gasteiger partial charge in [-0.05, 0) is 37.8 Å². The molecule has 0 unspecified atom stereocenters. The molecule has 0 bridgehead atoms.